The monoisotopic (exact) mass is 262 g/mol. The van der Waals surface area contributed by atoms with Crippen molar-refractivity contribution in [1.29, 1.82) is 0 Å². The van der Waals surface area contributed by atoms with Crippen molar-refractivity contribution >= 4 is 23.5 Å². The number of nitrogens with zero attached hydrogens (tertiary/aromatic N) is 1. The molecule has 0 aliphatic heterocycles. The van der Waals surface area contributed by atoms with Crippen molar-refractivity contribution in [2.45, 2.75) is 19.3 Å². The quantitative estimate of drug-likeness (QED) is 0.554. The fourth-order valence-corrected chi connectivity index (χ4v) is 1.37. The fraction of sp³-hybridized carbons (Fsp3) is 0.818. The molecule has 0 spiro atoms. The van der Waals surface area contributed by atoms with E-state index < -0.39 is 6.03 Å². The number of rotatable bonds is 7. The van der Waals surface area contributed by atoms with Crippen LogP contribution in [-0.2, 0) is 9.53 Å². The van der Waals surface area contributed by atoms with E-state index in [1.165, 1.54) is 17.7 Å². The zero-order valence-corrected chi connectivity index (χ0v) is 10.8. The third-order valence-corrected chi connectivity index (χ3v) is 2.73. The first-order chi connectivity index (χ1) is 8.13. The summed E-state index contributed by atoms with van der Waals surface area (Å²) in [5, 5.41) is 2.25. The first kappa shape index (κ1) is 14.3. The van der Waals surface area contributed by atoms with Gasteiger partial charge in [0.05, 0.1) is 6.61 Å². The molecule has 1 fully saturated rings. The van der Waals surface area contributed by atoms with Gasteiger partial charge in [-0.1, -0.05) is 0 Å². The smallest absolute Gasteiger partial charge is 0.323 e. The number of amides is 3. The molecule has 0 aromatic rings. The standard InChI is InChI=1S/C11H19ClN2O3/c1-14(6-7-17-8-9-2-3-9)11(16)13-10(15)4-5-12/h9H,2-8H2,1H3,(H,13,15,16). The highest BCUT2D eigenvalue weighted by Gasteiger charge is 2.21. The first-order valence-corrected chi connectivity index (χ1v) is 6.35. The molecule has 0 atom stereocenters. The average molecular weight is 263 g/mol. The molecule has 0 aromatic carbocycles. The van der Waals surface area contributed by atoms with E-state index in [-0.39, 0.29) is 18.2 Å². The molecule has 0 aromatic heterocycles. The molecule has 3 amide bonds. The molecule has 1 saturated carbocycles. The number of halogens is 1. The van der Waals surface area contributed by atoms with Crippen LogP contribution >= 0.6 is 11.6 Å². The third kappa shape index (κ3) is 6.48. The summed E-state index contributed by atoms with van der Waals surface area (Å²) in [5.41, 5.74) is 0. The molecule has 1 N–H and O–H groups in total. The van der Waals surface area contributed by atoms with Gasteiger partial charge in [0.1, 0.15) is 0 Å². The Morgan fingerprint density at radius 1 is 1.47 bits per heavy atom. The molecule has 1 rings (SSSR count). The van der Waals surface area contributed by atoms with Crippen molar-refractivity contribution in [2.75, 3.05) is 32.7 Å². The summed E-state index contributed by atoms with van der Waals surface area (Å²) in [5.74, 6) is 0.586. The predicted molar refractivity (Wildman–Crippen MR) is 65.0 cm³/mol. The molecule has 98 valence electrons. The van der Waals surface area contributed by atoms with E-state index in [0.717, 1.165) is 12.5 Å². The molecule has 1 aliphatic carbocycles. The highest BCUT2D eigenvalue weighted by molar-refractivity contribution is 6.19. The number of carbonyl (C=O) groups excluding carboxylic acids is 2. The van der Waals surface area contributed by atoms with Gasteiger partial charge in [0.15, 0.2) is 0 Å². The van der Waals surface area contributed by atoms with E-state index >= 15 is 0 Å². The summed E-state index contributed by atoms with van der Waals surface area (Å²) < 4.78 is 5.40. The second-order valence-electron chi connectivity index (χ2n) is 4.23. The SMILES string of the molecule is CN(CCOCC1CC1)C(=O)NC(=O)CCCl. The Morgan fingerprint density at radius 2 is 2.18 bits per heavy atom. The van der Waals surface area contributed by atoms with Gasteiger partial charge in [-0.25, -0.2) is 4.79 Å². The van der Waals surface area contributed by atoms with Crippen LogP contribution < -0.4 is 5.32 Å². The lowest BCUT2D eigenvalue weighted by Gasteiger charge is -2.17. The van der Waals surface area contributed by atoms with Gasteiger partial charge in [-0.15, -0.1) is 11.6 Å². The highest BCUT2D eigenvalue weighted by atomic mass is 35.5. The van der Waals surface area contributed by atoms with E-state index in [1.807, 2.05) is 0 Å². The first-order valence-electron chi connectivity index (χ1n) is 5.82. The van der Waals surface area contributed by atoms with Crippen molar-refractivity contribution in [2.24, 2.45) is 5.92 Å². The molecule has 0 bridgehead atoms. The molecular formula is C11H19ClN2O3. The number of imide groups is 1. The summed E-state index contributed by atoms with van der Waals surface area (Å²) in [6.07, 6.45) is 2.66. The molecule has 17 heavy (non-hydrogen) atoms. The molecule has 6 heteroatoms. The van der Waals surface area contributed by atoms with Crippen molar-refractivity contribution in [3.05, 3.63) is 0 Å². The van der Waals surface area contributed by atoms with Crippen LogP contribution in [0.5, 0.6) is 0 Å². The zero-order valence-electron chi connectivity index (χ0n) is 10.1. The fourth-order valence-electron chi connectivity index (χ4n) is 1.20. The lowest BCUT2D eigenvalue weighted by molar-refractivity contribution is -0.119. The summed E-state index contributed by atoms with van der Waals surface area (Å²) in [6, 6.07) is -0.407. The van der Waals surface area contributed by atoms with E-state index in [0.29, 0.717) is 13.2 Å². The van der Waals surface area contributed by atoms with E-state index in [1.54, 1.807) is 7.05 Å². The van der Waals surface area contributed by atoms with Gasteiger partial charge < -0.3 is 9.64 Å². The minimum absolute atomic E-state index is 0.152. The number of nitrogens with one attached hydrogen (secondary N) is 1. The topological polar surface area (TPSA) is 58.6 Å². The van der Waals surface area contributed by atoms with Gasteiger partial charge in [-0.3, -0.25) is 10.1 Å². The summed E-state index contributed by atoms with van der Waals surface area (Å²) >= 11 is 5.39. The lowest BCUT2D eigenvalue weighted by atomic mass is 10.4. The Hall–Kier alpha value is -0.810. The van der Waals surface area contributed by atoms with E-state index in [4.69, 9.17) is 16.3 Å². The van der Waals surface area contributed by atoms with Gasteiger partial charge in [0.2, 0.25) is 5.91 Å². The summed E-state index contributed by atoms with van der Waals surface area (Å²) in [6.45, 7) is 1.76. The summed E-state index contributed by atoms with van der Waals surface area (Å²) in [7, 11) is 1.63. The Labute approximate surface area is 106 Å². The molecule has 0 radical (unpaired) electrons. The van der Waals surface area contributed by atoms with Crippen LogP contribution in [0.4, 0.5) is 4.79 Å². The number of likely N-dealkylation sites (N-methyl/N-ethyl adjacent to an activating group) is 1. The van der Waals surface area contributed by atoms with Crippen molar-refractivity contribution < 1.29 is 14.3 Å². The van der Waals surface area contributed by atoms with Crippen molar-refractivity contribution in [3.63, 3.8) is 0 Å². The van der Waals surface area contributed by atoms with Gasteiger partial charge in [-0.2, -0.15) is 0 Å². The Kier molecular flexibility index (Phi) is 6.29. The minimum Gasteiger partial charge on any atom is -0.379 e. The maximum absolute atomic E-state index is 11.5. The van der Waals surface area contributed by atoms with Crippen LogP contribution in [-0.4, -0.2) is 49.5 Å². The maximum atomic E-state index is 11.5. The molecular weight excluding hydrogens is 244 g/mol. The number of carbonyl (C=O) groups is 2. The number of urea groups is 1. The van der Waals surface area contributed by atoms with E-state index in [2.05, 4.69) is 5.32 Å². The second-order valence-corrected chi connectivity index (χ2v) is 4.61. The average Bonchev–Trinajstić information content (AvgIpc) is 3.08. The largest absolute Gasteiger partial charge is 0.379 e. The molecule has 0 heterocycles. The Bertz CT molecular complexity index is 269. The molecule has 5 nitrogen and oxygen atoms in total. The number of hydrogen-bond acceptors (Lipinski definition) is 3. The van der Waals surface area contributed by atoms with Crippen LogP contribution in [0.1, 0.15) is 19.3 Å². The van der Waals surface area contributed by atoms with Gasteiger partial charge >= 0.3 is 6.03 Å². The van der Waals surface area contributed by atoms with Gasteiger partial charge in [-0.05, 0) is 18.8 Å². The number of hydrogen-bond donors (Lipinski definition) is 1. The predicted octanol–water partition coefficient (Wildman–Crippen LogP) is 1.21. The Morgan fingerprint density at radius 3 is 2.76 bits per heavy atom. The molecule has 1 aliphatic rings. The highest BCUT2D eigenvalue weighted by Crippen LogP contribution is 2.28. The van der Waals surface area contributed by atoms with Crippen LogP contribution in [0.25, 0.3) is 0 Å². The van der Waals surface area contributed by atoms with E-state index in [9.17, 15) is 9.59 Å². The molecule has 0 unspecified atom stereocenters. The third-order valence-electron chi connectivity index (χ3n) is 2.54. The van der Waals surface area contributed by atoms with Crippen LogP contribution in [0.15, 0.2) is 0 Å². The number of ether oxygens (including phenoxy) is 1. The summed E-state index contributed by atoms with van der Waals surface area (Å²) in [4.78, 5) is 24.0. The maximum Gasteiger partial charge on any atom is 0.323 e. The zero-order chi connectivity index (χ0) is 12.7. The van der Waals surface area contributed by atoms with Gasteiger partial charge in [0.25, 0.3) is 0 Å². The van der Waals surface area contributed by atoms with Gasteiger partial charge in [0, 0.05) is 32.5 Å². The normalized spacial score (nSPS) is 14.5. The van der Waals surface area contributed by atoms with Crippen molar-refractivity contribution in [3.8, 4) is 0 Å². The van der Waals surface area contributed by atoms with Crippen LogP contribution in [0, 0.1) is 5.92 Å². The lowest BCUT2D eigenvalue weighted by Crippen LogP contribution is -2.42. The Balaban J connectivity index is 2.05. The second kappa shape index (κ2) is 7.50. The van der Waals surface area contributed by atoms with Crippen molar-refractivity contribution in [1.82, 2.24) is 10.2 Å². The molecule has 0 saturated heterocycles. The number of alkyl halides is 1. The minimum atomic E-state index is -0.407. The van der Waals surface area contributed by atoms with Crippen LogP contribution in [0.3, 0.4) is 0 Å². The van der Waals surface area contributed by atoms with Crippen LogP contribution in [0.2, 0.25) is 0 Å².